The fourth-order valence-corrected chi connectivity index (χ4v) is 10.9. The largest absolute Gasteiger partial charge is 0.248 e. The van der Waals surface area contributed by atoms with Gasteiger partial charge in [-0.25, -0.2) is 4.98 Å². The number of aromatic nitrogens is 1. The Morgan fingerprint density at radius 1 is 0.277 bits per heavy atom. The van der Waals surface area contributed by atoms with E-state index < -0.39 is 5.41 Å². The van der Waals surface area contributed by atoms with Crippen molar-refractivity contribution in [3.05, 3.63) is 271 Å². The van der Waals surface area contributed by atoms with Crippen LogP contribution in [0, 0.1) is 0 Å². The van der Waals surface area contributed by atoms with E-state index in [1.165, 1.54) is 99.1 Å². The van der Waals surface area contributed by atoms with Crippen LogP contribution in [0.15, 0.2) is 249 Å². The lowest BCUT2D eigenvalue weighted by atomic mass is 9.67. The Kier molecular flexibility index (Phi) is 8.51. The average Bonchev–Trinajstić information content (AvgIpc) is 3.69. The van der Waals surface area contributed by atoms with Crippen LogP contribution >= 0.6 is 0 Å². The van der Waals surface area contributed by atoms with Crippen molar-refractivity contribution < 1.29 is 0 Å². The molecule has 1 heterocycles. The second-order valence-corrected chi connectivity index (χ2v) is 17.4. The molecule has 0 saturated carbocycles. The van der Waals surface area contributed by atoms with Crippen LogP contribution in [0.5, 0.6) is 0 Å². The fraction of sp³-hybridized carbons (Fsp3) is 0.0156. The highest BCUT2D eigenvalue weighted by atomic mass is 14.7. The number of rotatable bonds is 6. The summed E-state index contributed by atoms with van der Waals surface area (Å²) in [4.78, 5) is 5.31. The van der Waals surface area contributed by atoms with Crippen molar-refractivity contribution in [3.8, 4) is 55.8 Å². The number of hydrogen-bond donors (Lipinski definition) is 0. The van der Waals surface area contributed by atoms with E-state index in [1.807, 2.05) is 0 Å². The summed E-state index contributed by atoms with van der Waals surface area (Å²) in [5.41, 5.74) is 17.6. The van der Waals surface area contributed by atoms with Gasteiger partial charge in [0.2, 0.25) is 0 Å². The highest BCUT2D eigenvalue weighted by molar-refractivity contribution is 6.09. The highest BCUT2D eigenvalue weighted by Gasteiger charge is 2.46. The molecule has 0 unspecified atom stereocenters. The standard InChI is InChI=1S/C64H41N/c1-4-15-42(16-5-1)57-41-62(50-33-35-54-48(39-50)31-27-43-17-10-11-22-53(43)54)65-61-36-34-47(40-58(57)61)45-28-29-46-38-49(32-30-44(46)37-45)55-24-14-26-60-63(55)56-23-12-13-25-59(56)64(60,51-18-6-2-7-19-51)52-20-8-3-9-21-52/h1-41H. The maximum atomic E-state index is 5.31. The Hall–Kier alpha value is -8.39. The first-order valence-electron chi connectivity index (χ1n) is 22.5. The number of nitrogens with zero attached hydrogens (tertiary/aromatic N) is 1. The van der Waals surface area contributed by atoms with Crippen LogP contribution in [0.1, 0.15) is 22.3 Å². The van der Waals surface area contributed by atoms with Gasteiger partial charge in [-0.2, -0.15) is 0 Å². The molecule has 0 aliphatic heterocycles. The Bertz CT molecular complexity index is 3770. The third kappa shape index (κ3) is 5.90. The molecule has 1 nitrogen and oxygen atoms in total. The topological polar surface area (TPSA) is 12.9 Å². The van der Waals surface area contributed by atoms with E-state index >= 15 is 0 Å². The van der Waals surface area contributed by atoms with Crippen molar-refractivity contribution in [1.82, 2.24) is 4.98 Å². The molecule has 0 amide bonds. The SMILES string of the molecule is c1ccc(-c2cc(-c3ccc4c(ccc5ccccc54)c3)nc3ccc(-c4ccc5cc(-c6cccc7c6-c6ccccc6C7(c6ccccc6)c6ccccc6)ccc5c4)cc23)cc1. The smallest absolute Gasteiger partial charge is 0.0716 e. The van der Waals surface area contributed by atoms with Crippen molar-refractivity contribution in [2.45, 2.75) is 5.41 Å². The van der Waals surface area contributed by atoms with E-state index in [2.05, 4.69) is 249 Å². The zero-order valence-electron chi connectivity index (χ0n) is 35.6. The molecule has 11 aromatic carbocycles. The van der Waals surface area contributed by atoms with E-state index in [1.54, 1.807) is 0 Å². The van der Waals surface area contributed by atoms with Gasteiger partial charge in [0, 0.05) is 10.9 Å². The molecule has 302 valence electrons. The molecular formula is C64H41N. The molecule has 1 aliphatic carbocycles. The summed E-state index contributed by atoms with van der Waals surface area (Å²) in [7, 11) is 0. The van der Waals surface area contributed by atoms with Crippen LogP contribution in [-0.4, -0.2) is 4.98 Å². The third-order valence-corrected chi connectivity index (χ3v) is 13.9. The number of pyridine rings is 1. The van der Waals surface area contributed by atoms with E-state index in [9.17, 15) is 0 Å². The van der Waals surface area contributed by atoms with Crippen LogP contribution in [0.25, 0.3) is 99.0 Å². The molecule has 13 rings (SSSR count). The van der Waals surface area contributed by atoms with Crippen molar-refractivity contribution in [2.24, 2.45) is 0 Å². The molecule has 0 saturated heterocycles. The molecule has 12 aromatic rings. The maximum Gasteiger partial charge on any atom is 0.0716 e. The zero-order chi connectivity index (χ0) is 42.9. The first-order valence-corrected chi connectivity index (χ1v) is 22.5. The lowest BCUT2D eigenvalue weighted by Gasteiger charge is -2.34. The monoisotopic (exact) mass is 823 g/mol. The predicted octanol–water partition coefficient (Wildman–Crippen LogP) is 16.7. The van der Waals surface area contributed by atoms with Crippen LogP contribution in [0.2, 0.25) is 0 Å². The van der Waals surface area contributed by atoms with Gasteiger partial charge in [-0.05, 0) is 135 Å². The number of hydrogen-bond acceptors (Lipinski definition) is 1. The summed E-state index contributed by atoms with van der Waals surface area (Å²) >= 11 is 0. The van der Waals surface area contributed by atoms with E-state index in [4.69, 9.17) is 4.98 Å². The van der Waals surface area contributed by atoms with E-state index in [0.717, 1.165) is 22.2 Å². The molecule has 0 spiro atoms. The van der Waals surface area contributed by atoms with Crippen molar-refractivity contribution in [3.63, 3.8) is 0 Å². The molecule has 0 radical (unpaired) electrons. The summed E-state index contributed by atoms with van der Waals surface area (Å²) in [6, 6.07) is 91.4. The molecule has 1 heteroatoms. The van der Waals surface area contributed by atoms with Crippen molar-refractivity contribution in [1.29, 1.82) is 0 Å². The molecule has 0 atom stereocenters. The number of fused-ring (bicyclic) bond motifs is 8. The summed E-state index contributed by atoms with van der Waals surface area (Å²) < 4.78 is 0. The summed E-state index contributed by atoms with van der Waals surface area (Å²) in [6.07, 6.45) is 0. The van der Waals surface area contributed by atoms with Crippen LogP contribution in [-0.2, 0) is 5.41 Å². The average molecular weight is 824 g/mol. The van der Waals surface area contributed by atoms with E-state index in [0.29, 0.717) is 0 Å². The van der Waals surface area contributed by atoms with Gasteiger partial charge in [0.15, 0.2) is 0 Å². The van der Waals surface area contributed by atoms with Gasteiger partial charge in [-0.3, -0.25) is 0 Å². The minimum Gasteiger partial charge on any atom is -0.248 e. The molecule has 0 N–H and O–H groups in total. The number of benzene rings is 11. The lowest BCUT2D eigenvalue weighted by molar-refractivity contribution is 0.768. The molecule has 1 aromatic heterocycles. The Labute approximate surface area is 378 Å². The van der Waals surface area contributed by atoms with Crippen molar-refractivity contribution in [2.75, 3.05) is 0 Å². The molecule has 65 heavy (non-hydrogen) atoms. The zero-order valence-corrected chi connectivity index (χ0v) is 35.6. The molecular weight excluding hydrogens is 783 g/mol. The van der Waals surface area contributed by atoms with E-state index in [-0.39, 0.29) is 0 Å². The maximum absolute atomic E-state index is 5.31. The van der Waals surface area contributed by atoms with Gasteiger partial charge in [0.05, 0.1) is 16.6 Å². The lowest BCUT2D eigenvalue weighted by Crippen LogP contribution is -2.28. The minimum absolute atomic E-state index is 0.431. The Morgan fingerprint density at radius 3 is 1.63 bits per heavy atom. The summed E-state index contributed by atoms with van der Waals surface area (Å²) in [6.45, 7) is 0. The molecule has 0 bridgehead atoms. The van der Waals surface area contributed by atoms with Gasteiger partial charge < -0.3 is 0 Å². The summed E-state index contributed by atoms with van der Waals surface area (Å²) in [5, 5.41) is 8.57. The van der Waals surface area contributed by atoms with Gasteiger partial charge in [-0.1, -0.05) is 212 Å². The van der Waals surface area contributed by atoms with Gasteiger partial charge >= 0.3 is 0 Å². The summed E-state index contributed by atoms with van der Waals surface area (Å²) in [5.74, 6) is 0. The Morgan fingerprint density at radius 2 is 0.831 bits per heavy atom. The predicted molar refractivity (Wildman–Crippen MR) is 273 cm³/mol. The molecule has 0 fully saturated rings. The minimum atomic E-state index is -0.431. The van der Waals surface area contributed by atoms with Gasteiger partial charge in [0.1, 0.15) is 0 Å². The highest BCUT2D eigenvalue weighted by Crippen LogP contribution is 2.58. The fourth-order valence-electron chi connectivity index (χ4n) is 10.9. The van der Waals surface area contributed by atoms with Crippen LogP contribution in [0.3, 0.4) is 0 Å². The van der Waals surface area contributed by atoms with Crippen LogP contribution < -0.4 is 0 Å². The van der Waals surface area contributed by atoms with Crippen molar-refractivity contribution >= 4 is 43.2 Å². The van der Waals surface area contributed by atoms with Crippen LogP contribution in [0.4, 0.5) is 0 Å². The first kappa shape index (κ1) is 37.2. The van der Waals surface area contributed by atoms with Gasteiger partial charge in [0.25, 0.3) is 0 Å². The molecule has 1 aliphatic rings. The quantitative estimate of drug-likeness (QED) is 0.152. The van der Waals surface area contributed by atoms with Gasteiger partial charge in [-0.15, -0.1) is 0 Å². The Balaban J connectivity index is 0.904. The first-order chi connectivity index (χ1) is 32.2. The normalized spacial score (nSPS) is 12.7. The second-order valence-electron chi connectivity index (χ2n) is 17.4. The third-order valence-electron chi connectivity index (χ3n) is 13.9. The second kappa shape index (κ2) is 14.9.